The average molecular weight is 317 g/mol. The zero-order valence-electron chi connectivity index (χ0n) is 12.4. The van der Waals surface area contributed by atoms with Gasteiger partial charge in [-0.3, -0.25) is 4.79 Å². The molecule has 0 spiro atoms. The normalized spacial score (nSPS) is 18.2. The highest BCUT2D eigenvalue weighted by atomic mass is 19.4. The van der Waals surface area contributed by atoms with E-state index in [-0.39, 0.29) is 19.0 Å². The molecular formula is C14H18F3N3O2. The van der Waals surface area contributed by atoms with Crippen LogP contribution in [0, 0.1) is 0 Å². The fourth-order valence-electron chi connectivity index (χ4n) is 2.34. The first kappa shape index (κ1) is 16.5. The number of alkyl halides is 3. The van der Waals surface area contributed by atoms with Crippen molar-refractivity contribution >= 4 is 11.7 Å². The zero-order valence-corrected chi connectivity index (χ0v) is 12.4. The molecule has 0 aliphatic carbocycles. The number of aliphatic hydroxyl groups is 1. The smallest absolute Gasteiger partial charge is 0.380 e. The number of carbonyl (C=O) groups is 1. The van der Waals surface area contributed by atoms with Gasteiger partial charge in [-0.15, -0.1) is 0 Å². The standard InChI is InChI=1S/C14H18F3N3O2/c1-19(2)11-9-10(3-6-18-11)12(21)20-7-4-13(22,5-8-20)14(15,16)17/h3,6,9,22H,4-5,7-8H2,1-2H3. The molecule has 1 N–H and O–H groups in total. The summed E-state index contributed by atoms with van der Waals surface area (Å²) < 4.78 is 38.3. The molecule has 1 amide bonds. The predicted octanol–water partition coefficient (Wildman–Crippen LogP) is 1.68. The third-order valence-corrected chi connectivity index (χ3v) is 3.86. The number of piperidine rings is 1. The van der Waals surface area contributed by atoms with Gasteiger partial charge < -0.3 is 14.9 Å². The Morgan fingerprint density at radius 1 is 1.36 bits per heavy atom. The van der Waals surface area contributed by atoms with Crippen molar-refractivity contribution in [2.24, 2.45) is 0 Å². The third kappa shape index (κ3) is 3.16. The number of hydrogen-bond donors (Lipinski definition) is 1. The van der Waals surface area contributed by atoms with E-state index < -0.39 is 24.6 Å². The first-order valence-electron chi connectivity index (χ1n) is 6.86. The Bertz CT molecular complexity index is 553. The highest BCUT2D eigenvalue weighted by Gasteiger charge is 2.54. The summed E-state index contributed by atoms with van der Waals surface area (Å²) in [5.74, 6) is 0.240. The van der Waals surface area contributed by atoms with Gasteiger partial charge in [-0.2, -0.15) is 13.2 Å². The number of pyridine rings is 1. The highest BCUT2D eigenvalue weighted by Crippen LogP contribution is 2.38. The molecule has 1 fully saturated rings. The van der Waals surface area contributed by atoms with Crippen molar-refractivity contribution in [2.45, 2.75) is 24.6 Å². The van der Waals surface area contributed by atoms with Crippen LogP contribution >= 0.6 is 0 Å². The topological polar surface area (TPSA) is 56.7 Å². The van der Waals surface area contributed by atoms with Gasteiger partial charge in [-0.25, -0.2) is 4.98 Å². The number of rotatable bonds is 2. The van der Waals surface area contributed by atoms with Crippen molar-refractivity contribution in [1.29, 1.82) is 0 Å². The van der Waals surface area contributed by atoms with Crippen molar-refractivity contribution < 1.29 is 23.1 Å². The van der Waals surface area contributed by atoms with Gasteiger partial charge in [-0.05, 0) is 12.1 Å². The molecule has 2 heterocycles. The maximum absolute atomic E-state index is 12.8. The molecule has 8 heteroatoms. The third-order valence-electron chi connectivity index (χ3n) is 3.86. The molecule has 1 aromatic heterocycles. The summed E-state index contributed by atoms with van der Waals surface area (Å²) >= 11 is 0. The fourth-order valence-corrected chi connectivity index (χ4v) is 2.34. The van der Waals surface area contributed by atoms with Crippen LogP contribution in [0.2, 0.25) is 0 Å². The molecule has 1 saturated heterocycles. The minimum absolute atomic E-state index is 0.130. The van der Waals surface area contributed by atoms with E-state index in [4.69, 9.17) is 0 Å². The molecule has 0 radical (unpaired) electrons. The van der Waals surface area contributed by atoms with Crippen LogP contribution in [0.25, 0.3) is 0 Å². The van der Waals surface area contributed by atoms with Crippen LogP contribution in [-0.4, -0.2) is 59.9 Å². The molecule has 0 bridgehead atoms. The Balaban J connectivity index is 2.09. The van der Waals surface area contributed by atoms with Gasteiger partial charge in [0.25, 0.3) is 5.91 Å². The summed E-state index contributed by atoms with van der Waals surface area (Å²) in [4.78, 5) is 19.5. The summed E-state index contributed by atoms with van der Waals surface area (Å²) in [5.41, 5.74) is -2.33. The number of anilines is 1. The minimum Gasteiger partial charge on any atom is -0.380 e. The quantitative estimate of drug-likeness (QED) is 0.902. The maximum Gasteiger partial charge on any atom is 0.417 e. The van der Waals surface area contributed by atoms with E-state index in [1.807, 2.05) is 0 Å². The van der Waals surface area contributed by atoms with Gasteiger partial charge in [0.05, 0.1) is 0 Å². The second-order valence-corrected chi connectivity index (χ2v) is 5.62. The summed E-state index contributed by atoms with van der Waals surface area (Å²) in [7, 11) is 3.56. The SMILES string of the molecule is CN(C)c1cc(C(=O)N2CCC(O)(C(F)(F)F)CC2)ccn1. The second-order valence-electron chi connectivity index (χ2n) is 5.62. The van der Waals surface area contributed by atoms with Crippen LogP contribution in [0.1, 0.15) is 23.2 Å². The van der Waals surface area contributed by atoms with Crippen LogP contribution in [0.15, 0.2) is 18.3 Å². The summed E-state index contributed by atoms with van der Waals surface area (Å²) in [6.07, 6.45) is -4.20. The molecule has 0 unspecified atom stereocenters. The zero-order chi connectivity index (χ0) is 16.5. The Labute approximate surface area is 126 Å². The van der Waals surface area contributed by atoms with Gasteiger partial charge in [-0.1, -0.05) is 0 Å². The van der Waals surface area contributed by atoms with Gasteiger partial charge in [0.2, 0.25) is 0 Å². The van der Waals surface area contributed by atoms with Gasteiger partial charge >= 0.3 is 6.18 Å². The molecule has 1 aliphatic rings. The van der Waals surface area contributed by atoms with Crippen molar-refractivity contribution in [3.63, 3.8) is 0 Å². The largest absolute Gasteiger partial charge is 0.417 e. The number of carbonyl (C=O) groups excluding carboxylic acids is 1. The summed E-state index contributed by atoms with van der Waals surface area (Å²) in [5, 5.41) is 9.62. The van der Waals surface area contributed by atoms with E-state index in [1.54, 1.807) is 25.1 Å². The second kappa shape index (κ2) is 5.75. The van der Waals surface area contributed by atoms with E-state index in [9.17, 15) is 23.1 Å². The lowest BCUT2D eigenvalue weighted by Crippen LogP contribution is -2.54. The Kier molecular flexibility index (Phi) is 4.32. The van der Waals surface area contributed by atoms with Crippen LogP contribution in [0.5, 0.6) is 0 Å². The molecule has 0 saturated carbocycles. The monoisotopic (exact) mass is 317 g/mol. The first-order valence-corrected chi connectivity index (χ1v) is 6.86. The molecule has 2 rings (SSSR count). The van der Waals surface area contributed by atoms with Crippen molar-refractivity contribution in [2.75, 3.05) is 32.1 Å². The summed E-state index contributed by atoms with van der Waals surface area (Å²) in [6.45, 7) is -0.261. The maximum atomic E-state index is 12.8. The Morgan fingerprint density at radius 3 is 2.45 bits per heavy atom. The van der Waals surface area contributed by atoms with E-state index in [2.05, 4.69) is 4.98 Å². The predicted molar refractivity (Wildman–Crippen MR) is 74.7 cm³/mol. The van der Waals surface area contributed by atoms with Crippen LogP contribution < -0.4 is 4.90 Å². The molecule has 0 aromatic carbocycles. The van der Waals surface area contributed by atoms with E-state index in [1.165, 1.54) is 17.2 Å². The van der Waals surface area contributed by atoms with Gasteiger partial charge in [0, 0.05) is 51.8 Å². The number of aromatic nitrogens is 1. The molecular weight excluding hydrogens is 299 g/mol. The molecule has 22 heavy (non-hydrogen) atoms. The fraction of sp³-hybridized carbons (Fsp3) is 0.571. The van der Waals surface area contributed by atoms with Crippen LogP contribution in [-0.2, 0) is 0 Å². The Morgan fingerprint density at radius 2 is 1.95 bits per heavy atom. The summed E-state index contributed by atoms with van der Waals surface area (Å²) in [6, 6.07) is 3.12. The number of likely N-dealkylation sites (tertiary alicyclic amines) is 1. The van der Waals surface area contributed by atoms with Crippen LogP contribution in [0.3, 0.4) is 0 Å². The van der Waals surface area contributed by atoms with Crippen molar-refractivity contribution in [3.05, 3.63) is 23.9 Å². The average Bonchev–Trinajstić information content (AvgIpc) is 2.46. The first-order chi connectivity index (χ1) is 10.1. The van der Waals surface area contributed by atoms with E-state index >= 15 is 0 Å². The lowest BCUT2D eigenvalue weighted by Gasteiger charge is -2.39. The number of halogens is 3. The molecule has 122 valence electrons. The molecule has 1 aliphatic heterocycles. The van der Waals surface area contributed by atoms with Crippen molar-refractivity contribution in [3.8, 4) is 0 Å². The van der Waals surface area contributed by atoms with Gasteiger partial charge in [0.15, 0.2) is 5.60 Å². The molecule has 0 atom stereocenters. The highest BCUT2D eigenvalue weighted by molar-refractivity contribution is 5.94. The van der Waals surface area contributed by atoms with Gasteiger partial charge in [0.1, 0.15) is 5.82 Å². The van der Waals surface area contributed by atoms with Crippen molar-refractivity contribution in [1.82, 2.24) is 9.88 Å². The number of hydrogen-bond acceptors (Lipinski definition) is 4. The lowest BCUT2D eigenvalue weighted by molar-refractivity contribution is -0.271. The molecule has 5 nitrogen and oxygen atoms in total. The number of amides is 1. The van der Waals surface area contributed by atoms with E-state index in [0.29, 0.717) is 11.4 Å². The van der Waals surface area contributed by atoms with E-state index in [0.717, 1.165) is 0 Å². The minimum atomic E-state index is -4.67. The van der Waals surface area contributed by atoms with Crippen LogP contribution in [0.4, 0.5) is 19.0 Å². The molecule has 1 aromatic rings. The Hall–Kier alpha value is -1.83. The lowest BCUT2D eigenvalue weighted by atomic mass is 9.90. The number of nitrogens with zero attached hydrogens (tertiary/aromatic N) is 3.